The molecule has 0 saturated heterocycles. The van der Waals surface area contributed by atoms with Crippen LogP contribution in [0.15, 0.2) is 18.2 Å². The summed E-state index contributed by atoms with van der Waals surface area (Å²) in [5.41, 5.74) is 3.63. The Morgan fingerprint density at radius 2 is 1.90 bits per heavy atom. The number of hydrogen-bond donors (Lipinski definition) is 1. The van der Waals surface area contributed by atoms with E-state index in [1.165, 1.54) is 16.7 Å². The molecular formula is C17H28N2O. The van der Waals surface area contributed by atoms with Gasteiger partial charge in [-0.3, -0.25) is 9.69 Å². The van der Waals surface area contributed by atoms with E-state index in [4.69, 9.17) is 0 Å². The summed E-state index contributed by atoms with van der Waals surface area (Å²) < 4.78 is 0. The van der Waals surface area contributed by atoms with Gasteiger partial charge in [-0.15, -0.1) is 0 Å². The molecule has 3 heteroatoms. The molecule has 0 aromatic heterocycles. The highest BCUT2D eigenvalue weighted by Crippen LogP contribution is 2.14. The van der Waals surface area contributed by atoms with Crippen LogP contribution >= 0.6 is 0 Å². The number of aryl methyl sites for hydroxylation is 2. The number of nitrogens with zero attached hydrogens (tertiary/aromatic N) is 1. The molecule has 0 fully saturated rings. The molecule has 0 aliphatic rings. The van der Waals surface area contributed by atoms with Crippen LogP contribution in [0.25, 0.3) is 0 Å². The quantitative estimate of drug-likeness (QED) is 0.916. The van der Waals surface area contributed by atoms with Gasteiger partial charge in [0.2, 0.25) is 5.91 Å². The standard InChI is InChI=1S/C17H28N2O/c1-12-8-9-15(13(2)10-12)11-19(7)14(3)16(20)18-17(4,5)6/h8-10,14H,11H2,1-7H3,(H,18,20)/t14-/m0/s1. The largest absolute Gasteiger partial charge is 0.350 e. The van der Waals surface area contributed by atoms with Gasteiger partial charge in [-0.2, -0.15) is 0 Å². The van der Waals surface area contributed by atoms with Crippen LogP contribution in [-0.4, -0.2) is 29.4 Å². The van der Waals surface area contributed by atoms with Crippen LogP contribution in [0.3, 0.4) is 0 Å². The Balaban J connectivity index is 2.70. The third-order valence-corrected chi connectivity index (χ3v) is 3.46. The average molecular weight is 276 g/mol. The third-order valence-electron chi connectivity index (χ3n) is 3.46. The van der Waals surface area contributed by atoms with Gasteiger partial charge in [-0.05, 0) is 59.7 Å². The van der Waals surface area contributed by atoms with Gasteiger partial charge in [0.05, 0.1) is 6.04 Å². The zero-order chi connectivity index (χ0) is 15.5. The normalized spacial score (nSPS) is 13.4. The van der Waals surface area contributed by atoms with E-state index >= 15 is 0 Å². The summed E-state index contributed by atoms with van der Waals surface area (Å²) in [5.74, 6) is 0.0739. The topological polar surface area (TPSA) is 32.3 Å². The van der Waals surface area contributed by atoms with Gasteiger partial charge in [0.25, 0.3) is 0 Å². The number of benzene rings is 1. The van der Waals surface area contributed by atoms with Gasteiger partial charge in [0.1, 0.15) is 0 Å². The predicted molar refractivity (Wildman–Crippen MR) is 84.7 cm³/mol. The summed E-state index contributed by atoms with van der Waals surface area (Å²) in [6.07, 6.45) is 0. The SMILES string of the molecule is Cc1ccc(CN(C)[C@@H](C)C(=O)NC(C)(C)C)c(C)c1. The highest BCUT2D eigenvalue weighted by atomic mass is 16.2. The fourth-order valence-corrected chi connectivity index (χ4v) is 2.10. The molecule has 1 aromatic carbocycles. The lowest BCUT2D eigenvalue weighted by Gasteiger charge is -2.28. The predicted octanol–water partition coefficient (Wildman–Crippen LogP) is 3.04. The number of nitrogens with one attached hydrogen (secondary N) is 1. The third kappa shape index (κ3) is 4.97. The smallest absolute Gasteiger partial charge is 0.237 e. The fourth-order valence-electron chi connectivity index (χ4n) is 2.10. The van der Waals surface area contributed by atoms with E-state index < -0.39 is 0 Å². The molecule has 0 unspecified atom stereocenters. The number of carbonyl (C=O) groups excluding carboxylic acids is 1. The Morgan fingerprint density at radius 1 is 1.30 bits per heavy atom. The number of likely N-dealkylation sites (N-methyl/N-ethyl adjacent to an activating group) is 1. The second kappa shape index (κ2) is 6.40. The Hall–Kier alpha value is -1.35. The lowest BCUT2D eigenvalue weighted by atomic mass is 10.0. The minimum Gasteiger partial charge on any atom is -0.350 e. The molecule has 1 aromatic rings. The highest BCUT2D eigenvalue weighted by molar-refractivity contribution is 5.81. The molecule has 0 aliphatic carbocycles. The number of amides is 1. The first-order valence-electron chi connectivity index (χ1n) is 7.18. The van der Waals surface area contributed by atoms with Crippen LogP contribution in [0.1, 0.15) is 44.4 Å². The van der Waals surface area contributed by atoms with Crippen molar-refractivity contribution in [2.45, 2.75) is 59.7 Å². The highest BCUT2D eigenvalue weighted by Gasteiger charge is 2.22. The van der Waals surface area contributed by atoms with Gasteiger partial charge in [-0.1, -0.05) is 23.8 Å². The molecule has 1 rings (SSSR count). The lowest BCUT2D eigenvalue weighted by molar-refractivity contribution is -0.127. The molecule has 112 valence electrons. The monoisotopic (exact) mass is 276 g/mol. The van der Waals surface area contributed by atoms with E-state index in [1.54, 1.807) is 0 Å². The van der Waals surface area contributed by atoms with Gasteiger partial charge >= 0.3 is 0 Å². The maximum atomic E-state index is 12.2. The van der Waals surface area contributed by atoms with Gasteiger partial charge in [-0.25, -0.2) is 0 Å². The molecule has 0 aliphatic heterocycles. The van der Waals surface area contributed by atoms with E-state index in [2.05, 4.69) is 42.3 Å². The van der Waals surface area contributed by atoms with Crippen molar-refractivity contribution >= 4 is 5.91 Å². The Kier molecular flexibility index (Phi) is 5.35. The zero-order valence-electron chi connectivity index (χ0n) is 13.9. The van der Waals surface area contributed by atoms with Crippen molar-refractivity contribution in [3.05, 3.63) is 34.9 Å². The van der Waals surface area contributed by atoms with Crippen LogP contribution in [0.2, 0.25) is 0 Å². The number of hydrogen-bond acceptors (Lipinski definition) is 2. The summed E-state index contributed by atoms with van der Waals surface area (Å²) >= 11 is 0. The van der Waals surface area contributed by atoms with Crippen LogP contribution in [0, 0.1) is 13.8 Å². The van der Waals surface area contributed by atoms with Crippen molar-refractivity contribution in [1.29, 1.82) is 0 Å². The van der Waals surface area contributed by atoms with Crippen LogP contribution in [0.5, 0.6) is 0 Å². The molecular weight excluding hydrogens is 248 g/mol. The second-order valence-electron chi connectivity index (χ2n) is 6.76. The Morgan fingerprint density at radius 3 is 2.40 bits per heavy atom. The summed E-state index contributed by atoms with van der Waals surface area (Å²) in [6, 6.07) is 6.31. The van der Waals surface area contributed by atoms with E-state index in [0.29, 0.717) is 0 Å². The molecule has 0 spiro atoms. The fraction of sp³-hybridized carbons (Fsp3) is 0.588. The van der Waals surface area contributed by atoms with Crippen molar-refractivity contribution in [3.8, 4) is 0 Å². The Labute approximate surface area is 123 Å². The first-order chi connectivity index (χ1) is 9.10. The number of rotatable bonds is 4. The zero-order valence-corrected chi connectivity index (χ0v) is 13.9. The number of carbonyl (C=O) groups is 1. The lowest BCUT2D eigenvalue weighted by Crippen LogP contribution is -2.49. The first kappa shape index (κ1) is 16.7. The van der Waals surface area contributed by atoms with Crippen LogP contribution < -0.4 is 5.32 Å². The molecule has 0 heterocycles. The van der Waals surface area contributed by atoms with E-state index in [9.17, 15) is 4.79 Å². The molecule has 1 N–H and O–H groups in total. The van der Waals surface area contributed by atoms with Gasteiger partial charge in [0, 0.05) is 12.1 Å². The summed E-state index contributed by atoms with van der Waals surface area (Å²) in [5, 5.41) is 3.03. The maximum absolute atomic E-state index is 12.2. The minimum absolute atomic E-state index is 0.0739. The second-order valence-corrected chi connectivity index (χ2v) is 6.76. The molecule has 1 atom stereocenters. The molecule has 0 radical (unpaired) electrons. The minimum atomic E-state index is -0.189. The van der Waals surface area contributed by atoms with Gasteiger partial charge < -0.3 is 5.32 Å². The van der Waals surface area contributed by atoms with Crippen molar-refractivity contribution in [3.63, 3.8) is 0 Å². The summed E-state index contributed by atoms with van der Waals surface area (Å²) in [6.45, 7) is 13.0. The first-order valence-corrected chi connectivity index (χ1v) is 7.18. The van der Waals surface area contributed by atoms with Crippen LogP contribution in [-0.2, 0) is 11.3 Å². The van der Waals surface area contributed by atoms with Crippen molar-refractivity contribution in [1.82, 2.24) is 10.2 Å². The molecule has 0 saturated carbocycles. The average Bonchev–Trinajstić information content (AvgIpc) is 2.29. The Bertz CT molecular complexity index is 474. The van der Waals surface area contributed by atoms with Crippen molar-refractivity contribution in [2.75, 3.05) is 7.05 Å². The van der Waals surface area contributed by atoms with E-state index in [-0.39, 0.29) is 17.5 Å². The van der Waals surface area contributed by atoms with Crippen molar-refractivity contribution in [2.24, 2.45) is 0 Å². The maximum Gasteiger partial charge on any atom is 0.237 e. The van der Waals surface area contributed by atoms with Crippen molar-refractivity contribution < 1.29 is 4.79 Å². The van der Waals surface area contributed by atoms with Crippen LogP contribution in [0.4, 0.5) is 0 Å². The van der Waals surface area contributed by atoms with E-state index in [0.717, 1.165) is 6.54 Å². The molecule has 1 amide bonds. The summed E-state index contributed by atoms with van der Waals surface area (Å²) in [7, 11) is 1.99. The summed E-state index contributed by atoms with van der Waals surface area (Å²) in [4.78, 5) is 14.3. The van der Waals surface area contributed by atoms with Gasteiger partial charge in [0.15, 0.2) is 0 Å². The molecule has 0 bridgehead atoms. The van der Waals surface area contributed by atoms with E-state index in [1.807, 2.05) is 34.7 Å². The molecule has 3 nitrogen and oxygen atoms in total. The molecule has 20 heavy (non-hydrogen) atoms.